The highest BCUT2D eigenvalue weighted by molar-refractivity contribution is 5.84. The second-order valence-corrected chi connectivity index (χ2v) is 6.65. The molecule has 2 aliphatic heterocycles. The van der Waals surface area contributed by atoms with E-state index >= 15 is 0 Å². The summed E-state index contributed by atoms with van der Waals surface area (Å²) >= 11 is 0. The minimum absolute atomic E-state index is 0.0455. The van der Waals surface area contributed by atoms with E-state index in [1.165, 1.54) is 19.3 Å². The number of hydrogen-bond acceptors (Lipinski definition) is 4. The average Bonchev–Trinajstić information content (AvgIpc) is 2.97. The van der Waals surface area contributed by atoms with Crippen LogP contribution in [0.4, 0.5) is 0 Å². The molecule has 3 unspecified atom stereocenters. The number of nitrogens with one attached hydrogen (secondary N) is 1. The Morgan fingerprint density at radius 1 is 1.26 bits per heavy atom. The predicted octanol–water partition coefficient (Wildman–Crippen LogP) is 2.26. The number of nitrogens with zero attached hydrogens (tertiary/aromatic N) is 2. The number of rotatable bonds is 3. The first-order valence-electron chi connectivity index (χ1n) is 8.42. The molecule has 1 amide bonds. The lowest BCUT2D eigenvalue weighted by Crippen LogP contribution is -2.49. The third-order valence-corrected chi connectivity index (χ3v) is 5.27. The van der Waals surface area contributed by atoms with Crippen LogP contribution in [0.1, 0.15) is 31.2 Å². The molecule has 3 aliphatic rings. The summed E-state index contributed by atoms with van der Waals surface area (Å²) < 4.78 is 5.27. The fraction of sp³-hybridized carbons (Fsp3) is 0.500. The van der Waals surface area contributed by atoms with Crippen molar-refractivity contribution in [2.75, 3.05) is 7.11 Å². The molecule has 3 atom stereocenters. The van der Waals surface area contributed by atoms with Gasteiger partial charge in [-0.1, -0.05) is 25.0 Å². The number of amides is 1. The second kappa shape index (κ2) is 5.89. The van der Waals surface area contributed by atoms with Gasteiger partial charge in [-0.15, -0.1) is 0 Å². The number of ether oxygens (including phenoxy) is 1. The zero-order chi connectivity index (χ0) is 15.8. The Kier molecular flexibility index (Phi) is 3.73. The lowest BCUT2D eigenvalue weighted by atomic mass is 9.81. The van der Waals surface area contributed by atoms with Gasteiger partial charge in [0.1, 0.15) is 11.8 Å². The summed E-state index contributed by atoms with van der Waals surface area (Å²) in [6.07, 6.45) is 8.73. The van der Waals surface area contributed by atoms with Gasteiger partial charge in [-0.3, -0.25) is 4.79 Å². The highest BCUT2D eigenvalue weighted by Gasteiger charge is 2.47. The predicted molar refractivity (Wildman–Crippen MR) is 87.2 cm³/mol. The Morgan fingerprint density at radius 2 is 2.13 bits per heavy atom. The number of carbonyl (C=O) groups is 1. The number of benzene rings is 1. The van der Waals surface area contributed by atoms with Crippen LogP contribution in [-0.4, -0.2) is 35.0 Å². The van der Waals surface area contributed by atoms with Gasteiger partial charge in [0.25, 0.3) is 5.91 Å². The van der Waals surface area contributed by atoms with E-state index in [1.54, 1.807) is 7.11 Å². The van der Waals surface area contributed by atoms with E-state index < -0.39 is 0 Å². The molecule has 23 heavy (non-hydrogen) atoms. The molecule has 2 heterocycles. The van der Waals surface area contributed by atoms with Crippen LogP contribution < -0.4 is 10.2 Å². The number of fused-ring (bicyclic) bond motifs is 3. The van der Waals surface area contributed by atoms with Crippen molar-refractivity contribution in [3.63, 3.8) is 0 Å². The van der Waals surface area contributed by atoms with E-state index in [2.05, 4.69) is 5.43 Å². The van der Waals surface area contributed by atoms with E-state index in [-0.39, 0.29) is 11.9 Å². The summed E-state index contributed by atoms with van der Waals surface area (Å²) in [5, 5.41) is 2.03. The number of hydrogen-bond donors (Lipinski definition) is 1. The van der Waals surface area contributed by atoms with Crippen molar-refractivity contribution in [1.82, 2.24) is 15.3 Å². The first-order valence-corrected chi connectivity index (χ1v) is 8.42. The fourth-order valence-corrected chi connectivity index (χ4v) is 4.11. The maximum Gasteiger partial charge on any atom is 0.251 e. The van der Waals surface area contributed by atoms with Crippen molar-refractivity contribution in [2.45, 2.75) is 44.3 Å². The van der Waals surface area contributed by atoms with Crippen LogP contribution in [-0.2, 0) is 11.3 Å². The Bertz CT molecular complexity index is 630. The first kappa shape index (κ1) is 14.6. The van der Waals surface area contributed by atoms with Crippen molar-refractivity contribution in [1.29, 1.82) is 0 Å². The highest BCUT2D eigenvalue weighted by atomic mass is 16.5. The lowest BCUT2D eigenvalue weighted by Gasteiger charge is -2.34. The summed E-state index contributed by atoms with van der Waals surface area (Å²) in [5.41, 5.74) is 4.59. The van der Waals surface area contributed by atoms with Crippen LogP contribution in [0.2, 0.25) is 0 Å². The SMILES string of the molecule is COc1cccc(CN2C=CN3NC4CCCCC4C3C2=O)c1. The summed E-state index contributed by atoms with van der Waals surface area (Å²) in [4.78, 5) is 14.8. The minimum Gasteiger partial charge on any atom is -0.497 e. The maximum atomic E-state index is 13.0. The molecule has 0 radical (unpaired) electrons. The topological polar surface area (TPSA) is 44.8 Å². The van der Waals surface area contributed by atoms with Crippen LogP contribution in [0.15, 0.2) is 36.7 Å². The van der Waals surface area contributed by atoms with Crippen molar-refractivity contribution in [2.24, 2.45) is 5.92 Å². The van der Waals surface area contributed by atoms with Gasteiger partial charge < -0.3 is 14.6 Å². The first-order chi connectivity index (χ1) is 11.3. The van der Waals surface area contributed by atoms with Crippen LogP contribution in [0.3, 0.4) is 0 Å². The zero-order valence-corrected chi connectivity index (χ0v) is 13.4. The Morgan fingerprint density at radius 3 is 3.00 bits per heavy atom. The highest BCUT2D eigenvalue weighted by Crippen LogP contribution is 2.36. The standard InChI is InChI=1S/C18H23N3O2/c1-23-14-6-4-5-13(11-14)12-20-9-10-21-17(18(20)22)15-7-2-3-8-16(15)19-21/h4-6,9-11,15-17,19H,2-3,7-8,12H2,1H3. The monoisotopic (exact) mass is 313 g/mol. The smallest absolute Gasteiger partial charge is 0.251 e. The summed E-state index contributed by atoms with van der Waals surface area (Å²) in [7, 11) is 1.66. The van der Waals surface area contributed by atoms with Crippen LogP contribution in [0, 0.1) is 5.92 Å². The molecule has 1 aromatic rings. The Balaban J connectivity index is 1.53. The minimum atomic E-state index is -0.0455. The van der Waals surface area contributed by atoms with Crippen LogP contribution >= 0.6 is 0 Å². The van der Waals surface area contributed by atoms with Gasteiger partial charge >= 0.3 is 0 Å². The van der Waals surface area contributed by atoms with Gasteiger partial charge in [0, 0.05) is 24.4 Å². The van der Waals surface area contributed by atoms with E-state index in [1.807, 2.05) is 46.6 Å². The molecule has 5 nitrogen and oxygen atoms in total. The molecule has 0 bridgehead atoms. The van der Waals surface area contributed by atoms with E-state index in [4.69, 9.17) is 4.74 Å². The summed E-state index contributed by atoms with van der Waals surface area (Å²) in [5.74, 6) is 1.47. The Hall–Kier alpha value is -2.01. The van der Waals surface area contributed by atoms with Crippen molar-refractivity contribution >= 4 is 5.91 Å². The summed E-state index contributed by atoms with van der Waals surface area (Å²) in [6.45, 7) is 0.592. The molecule has 2 fully saturated rings. The third-order valence-electron chi connectivity index (χ3n) is 5.27. The normalized spacial score (nSPS) is 29.4. The largest absolute Gasteiger partial charge is 0.497 e. The molecule has 4 rings (SSSR count). The van der Waals surface area contributed by atoms with Gasteiger partial charge in [0.2, 0.25) is 0 Å². The zero-order valence-electron chi connectivity index (χ0n) is 13.4. The van der Waals surface area contributed by atoms with Gasteiger partial charge in [-0.25, -0.2) is 5.43 Å². The quantitative estimate of drug-likeness (QED) is 0.930. The lowest BCUT2D eigenvalue weighted by molar-refractivity contribution is -0.136. The van der Waals surface area contributed by atoms with Crippen LogP contribution in [0.5, 0.6) is 5.75 Å². The average molecular weight is 313 g/mol. The van der Waals surface area contributed by atoms with Crippen molar-refractivity contribution in [3.05, 3.63) is 42.2 Å². The van der Waals surface area contributed by atoms with Gasteiger partial charge in [-0.05, 0) is 30.5 Å². The number of hydrazine groups is 1. The molecule has 1 saturated carbocycles. The van der Waals surface area contributed by atoms with Gasteiger partial charge in [0.05, 0.1) is 13.7 Å². The van der Waals surface area contributed by atoms with E-state index in [9.17, 15) is 4.79 Å². The molecule has 0 aromatic heterocycles. The Labute approximate surface area is 136 Å². The van der Waals surface area contributed by atoms with Crippen molar-refractivity contribution in [3.8, 4) is 5.75 Å². The van der Waals surface area contributed by atoms with Gasteiger partial charge in [-0.2, -0.15) is 0 Å². The molecule has 1 aromatic carbocycles. The molecule has 122 valence electrons. The molecule has 1 aliphatic carbocycles. The van der Waals surface area contributed by atoms with E-state index in [0.717, 1.165) is 17.7 Å². The van der Waals surface area contributed by atoms with Gasteiger partial charge in [0.15, 0.2) is 0 Å². The third kappa shape index (κ3) is 2.59. The summed E-state index contributed by atoms with van der Waals surface area (Å²) in [6, 6.07) is 8.32. The molecule has 0 spiro atoms. The maximum absolute atomic E-state index is 13.0. The molecule has 5 heteroatoms. The number of methoxy groups -OCH3 is 1. The molecular weight excluding hydrogens is 290 g/mol. The van der Waals surface area contributed by atoms with Crippen molar-refractivity contribution < 1.29 is 9.53 Å². The second-order valence-electron chi connectivity index (χ2n) is 6.65. The number of carbonyl (C=O) groups excluding carboxylic acids is 1. The molecule has 1 saturated heterocycles. The van der Waals surface area contributed by atoms with Crippen LogP contribution in [0.25, 0.3) is 0 Å². The molecule has 1 N–H and O–H groups in total. The molecular formula is C18H23N3O2. The van der Waals surface area contributed by atoms with E-state index in [0.29, 0.717) is 18.5 Å². The fourth-order valence-electron chi connectivity index (χ4n) is 4.11.